The lowest BCUT2D eigenvalue weighted by molar-refractivity contribution is -0.138. The molecule has 22 heavy (non-hydrogen) atoms. The third-order valence-electron chi connectivity index (χ3n) is 3.05. The smallest absolute Gasteiger partial charge is 0.320 e. The molecule has 1 amide bonds. The summed E-state index contributed by atoms with van der Waals surface area (Å²) in [7, 11) is 0. The van der Waals surface area contributed by atoms with Crippen molar-refractivity contribution >= 4 is 34.9 Å². The highest BCUT2D eigenvalue weighted by Gasteiger charge is 2.23. The molecule has 1 atom stereocenters. The van der Waals surface area contributed by atoms with Crippen molar-refractivity contribution in [1.29, 1.82) is 0 Å². The number of anilines is 1. The number of unbranched alkanes of at least 4 members (excludes halogenated alkanes) is 1. The van der Waals surface area contributed by atoms with Crippen LogP contribution in [0.5, 0.6) is 0 Å². The number of hydrogen-bond acceptors (Lipinski definition) is 4. The highest BCUT2D eigenvalue weighted by molar-refractivity contribution is 7.80. The van der Waals surface area contributed by atoms with Crippen molar-refractivity contribution in [2.75, 3.05) is 11.4 Å². The number of nitrogens with two attached hydrogens (primary N) is 1. The molecule has 0 saturated carbocycles. The van der Waals surface area contributed by atoms with Gasteiger partial charge in [0, 0.05) is 5.69 Å². The maximum absolute atomic E-state index is 11.0. The van der Waals surface area contributed by atoms with E-state index in [1.165, 1.54) is 0 Å². The molecule has 120 valence electrons. The Kier molecular flexibility index (Phi) is 7.48. The number of amides is 1. The number of carbonyl (C=O) groups excluding carboxylic acids is 1. The van der Waals surface area contributed by atoms with Crippen LogP contribution in [0.1, 0.15) is 26.2 Å². The second kappa shape index (κ2) is 9.11. The third kappa shape index (κ3) is 5.79. The lowest BCUT2D eigenvalue weighted by Gasteiger charge is -2.14. The van der Waals surface area contributed by atoms with Gasteiger partial charge in [-0.2, -0.15) is 0 Å². The molecule has 0 radical (unpaired) electrons. The van der Waals surface area contributed by atoms with Crippen LogP contribution in [-0.2, 0) is 9.59 Å². The van der Waals surface area contributed by atoms with E-state index in [0.717, 1.165) is 18.5 Å². The molecule has 0 spiro atoms. The third-order valence-corrected chi connectivity index (χ3v) is 3.37. The molecule has 1 aliphatic heterocycles. The minimum absolute atomic E-state index is 0.0474. The standard InChI is InChI=1S/C9H8N2OS.C6H13NO2/c12-8-6-11(9(13)10-8)7-4-2-1-3-5-7;1-2-3-4-5(7)6(8)9/h1-5H,6H2,(H,10,12,13);5H,2-4,7H2,1H3,(H,8,9)/t;5-/m.0/s1. The second-order valence-electron chi connectivity index (χ2n) is 4.86. The highest BCUT2D eigenvalue weighted by Crippen LogP contribution is 2.15. The number of rotatable bonds is 5. The van der Waals surface area contributed by atoms with Crippen LogP contribution in [0, 0.1) is 0 Å². The molecule has 1 aromatic rings. The van der Waals surface area contributed by atoms with Gasteiger partial charge in [-0.25, -0.2) is 0 Å². The molecule has 0 aliphatic carbocycles. The average molecular weight is 323 g/mol. The topological polar surface area (TPSA) is 95.7 Å². The highest BCUT2D eigenvalue weighted by atomic mass is 32.1. The van der Waals surface area contributed by atoms with Crippen molar-refractivity contribution in [2.45, 2.75) is 32.2 Å². The summed E-state index contributed by atoms with van der Waals surface area (Å²) in [5, 5.41) is 11.3. The number of para-hydroxylation sites is 1. The molecule has 0 unspecified atom stereocenters. The summed E-state index contributed by atoms with van der Waals surface area (Å²) in [6.07, 6.45) is 2.49. The van der Waals surface area contributed by atoms with Crippen molar-refractivity contribution in [2.24, 2.45) is 5.73 Å². The van der Waals surface area contributed by atoms with Gasteiger partial charge in [0.25, 0.3) is 0 Å². The lowest BCUT2D eigenvalue weighted by atomic mass is 10.1. The Morgan fingerprint density at radius 2 is 2.09 bits per heavy atom. The number of nitrogens with one attached hydrogen (secondary N) is 1. The Balaban J connectivity index is 0.000000239. The summed E-state index contributed by atoms with van der Waals surface area (Å²) >= 11 is 4.99. The fraction of sp³-hybridized carbons (Fsp3) is 0.400. The fourth-order valence-corrected chi connectivity index (χ4v) is 2.09. The fourth-order valence-electron chi connectivity index (χ4n) is 1.81. The molecule has 1 aliphatic rings. The van der Waals surface area contributed by atoms with Crippen LogP contribution in [0.15, 0.2) is 30.3 Å². The minimum atomic E-state index is -0.900. The van der Waals surface area contributed by atoms with Gasteiger partial charge < -0.3 is 21.1 Å². The van der Waals surface area contributed by atoms with Gasteiger partial charge in [-0.15, -0.1) is 0 Å². The number of carbonyl (C=O) groups is 2. The van der Waals surface area contributed by atoms with Crippen LogP contribution in [0.4, 0.5) is 5.69 Å². The Hall–Kier alpha value is -1.99. The van der Waals surface area contributed by atoms with Gasteiger partial charge >= 0.3 is 5.97 Å². The second-order valence-corrected chi connectivity index (χ2v) is 5.25. The zero-order chi connectivity index (χ0) is 16.5. The van der Waals surface area contributed by atoms with Crippen LogP contribution in [0.25, 0.3) is 0 Å². The van der Waals surface area contributed by atoms with Gasteiger partial charge in [-0.05, 0) is 30.8 Å². The SMILES string of the molecule is CCCC[C@H](N)C(=O)O.O=C1CN(c2ccccc2)C(=S)N1. The van der Waals surface area contributed by atoms with E-state index in [1.54, 1.807) is 4.90 Å². The number of hydrogen-bond donors (Lipinski definition) is 3. The Morgan fingerprint density at radius 1 is 1.45 bits per heavy atom. The molecular weight excluding hydrogens is 302 g/mol. The predicted octanol–water partition coefficient (Wildman–Crippen LogP) is 1.50. The van der Waals surface area contributed by atoms with Crippen molar-refractivity contribution in [3.8, 4) is 0 Å². The van der Waals surface area contributed by atoms with E-state index in [1.807, 2.05) is 37.3 Å². The van der Waals surface area contributed by atoms with Crippen LogP contribution in [0.3, 0.4) is 0 Å². The molecule has 6 nitrogen and oxygen atoms in total. The lowest BCUT2D eigenvalue weighted by Crippen LogP contribution is -2.29. The van der Waals surface area contributed by atoms with Gasteiger partial charge in [0.1, 0.15) is 12.6 Å². The number of thiocarbonyl (C=S) groups is 1. The predicted molar refractivity (Wildman–Crippen MR) is 89.7 cm³/mol. The maximum atomic E-state index is 11.0. The van der Waals surface area contributed by atoms with Crippen molar-refractivity contribution in [1.82, 2.24) is 5.32 Å². The van der Waals surface area contributed by atoms with Gasteiger partial charge in [-0.1, -0.05) is 38.0 Å². The summed E-state index contributed by atoms with van der Waals surface area (Å²) in [5.41, 5.74) is 6.15. The Morgan fingerprint density at radius 3 is 2.55 bits per heavy atom. The number of aliphatic carboxylic acids is 1. The average Bonchev–Trinajstić information content (AvgIpc) is 2.85. The molecule has 4 N–H and O–H groups in total. The zero-order valence-corrected chi connectivity index (χ0v) is 13.3. The van der Waals surface area contributed by atoms with Crippen molar-refractivity contribution in [3.63, 3.8) is 0 Å². The Labute approximate surface area is 135 Å². The monoisotopic (exact) mass is 323 g/mol. The number of nitrogens with zero attached hydrogens (tertiary/aromatic N) is 1. The van der Waals surface area contributed by atoms with E-state index < -0.39 is 12.0 Å². The summed E-state index contributed by atoms with van der Waals surface area (Å²) in [6, 6.07) is 8.95. The van der Waals surface area contributed by atoms with E-state index in [0.29, 0.717) is 18.1 Å². The summed E-state index contributed by atoms with van der Waals surface area (Å²) in [6.45, 7) is 2.33. The molecule has 1 heterocycles. The maximum Gasteiger partial charge on any atom is 0.320 e. The van der Waals surface area contributed by atoms with E-state index in [9.17, 15) is 9.59 Å². The van der Waals surface area contributed by atoms with E-state index >= 15 is 0 Å². The molecular formula is C15H21N3O3S. The number of carboxylic acid groups (broad SMARTS) is 1. The molecule has 1 aromatic carbocycles. The van der Waals surface area contributed by atoms with E-state index in [-0.39, 0.29) is 5.91 Å². The van der Waals surface area contributed by atoms with Crippen molar-refractivity contribution < 1.29 is 14.7 Å². The summed E-state index contributed by atoms with van der Waals surface area (Å²) in [4.78, 5) is 22.9. The first-order valence-electron chi connectivity index (χ1n) is 7.10. The molecule has 0 aromatic heterocycles. The first kappa shape index (κ1) is 18.1. The van der Waals surface area contributed by atoms with Gasteiger partial charge in [0.2, 0.25) is 5.91 Å². The van der Waals surface area contributed by atoms with Crippen LogP contribution in [-0.4, -0.2) is 34.7 Å². The van der Waals surface area contributed by atoms with Crippen LogP contribution in [0.2, 0.25) is 0 Å². The normalized spacial score (nSPS) is 14.9. The quantitative estimate of drug-likeness (QED) is 0.711. The molecule has 1 saturated heterocycles. The van der Waals surface area contributed by atoms with Crippen LogP contribution < -0.4 is 16.0 Å². The van der Waals surface area contributed by atoms with Crippen molar-refractivity contribution in [3.05, 3.63) is 30.3 Å². The molecule has 2 rings (SSSR count). The first-order chi connectivity index (χ1) is 10.5. The number of benzene rings is 1. The zero-order valence-electron chi connectivity index (χ0n) is 12.5. The molecule has 7 heteroatoms. The van der Waals surface area contributed by atoms with Gasteiger partial charge in [0.05, 0.1) is 0 Å². The largest absolute Gasteiger partial charge is 0.480 e. The molecule has 0 bridgehead atoms. The minimum Gasteiger partial charge on any atom is -0.480 e. The van der Waals surface area contributed by atoms with Gasteiger partial charge in [-0.3, -0.25) is 9.59 Å². The Bertz CT molecular complexity index is 522. The first-order valence-corrected chi connectivity index (χ1v) is 7.51. The summed E-state index contributed by atoms with van der Waals surface area (Å²) in [5.74, 6) is -0.947. The summed E-state index contributed by atoms with van der Waals surface area (Å²) < 4.78 is 0. The number of carboxylic acids is 1. The van der Waals surface area contributed by atoms with E-state index in [4.69, 9.17) is 23.1 Å². The van der Waals surface area contributed by atoms with Gasteiger partial charge in [0.15, 0.2) is 5.11 Å². The molecule has 1 fully saturated rings. The van der Waals surface area contributed by atoms with Crippen LogP contribution >= 0.6 is 12.2 Å². The van der Waals surface area contributed by atoms with E-state index in [2.05, 4.69) is 5.32 Å².